The number of rotatable bonds is 16. The number of carbonyl (C=O) groups excluding carboxylic acids is 4. The molecule has 0 fully saturated rings. The summed E-state index contributed by atoms with van der Waals surface area (Å²) in [5, 5.41) is 10.3. The Labute approximate surface area is 330 Å². The van der Waals surface area contributed by atoms with Crippen LogP contribution in [-0.2, 0) is 49.6 Å². The van der Waals surface area contributed by atoms with E-state index in [2.05, 4.69) is 0 Å². The summed E-state index contributed by atoms with van der Waals surface area (Å²) >= 11 is 0. The van der Waals surface area contributed by atoms with E-state index < -0.39 is 59.6 Å². The van der Waals surface area contributed by atoms with Crippen LogP contribution in [0.4, 0.5) is 4.79 Å². The van der Waals surface area contributed by atoms with E-state index in [4.69, 9.17) is 4.74 Å². The molecule has 1 N–H and O–H groups in total. The standard InChI is InChI=1S/C45H54N4O7/c1-45(2,3)56-44(55)49(7)38(30-34-24-16-10-17-25-34)42(52)47(5)36(28-32-20-12-8-13-21-32)40(50)46(4)37(29-33-22-14-9-15-23-33)41(51)48(6)39(43(53)54)31-35-26-18-11-19-27-35/h8-27,36-39H,28-31H2,1-7H3,(H,53,54)/t36-,37-,38-,39-/m0/s1. The lowest BCUT2D eigenvalue weighted by atomic mass is 9.97. The molecular formula is C45H54N4O7. The molecule has 0 spiro atoms. The van der Waals surface area contributed by atoms with Crippen LogP contribution >= 0.6 is 0 Å². The number of carbonyl (C=O) groups is 5. The summed E-state index contributed by atoms with van der Waals surface area (Å²) in [4.78, 5) is 75.4. The van der Waals surface area contributed by atoms with Gasteiger partial charge in [0.1, 0.15) is 29.8 Å². The molecule has 11 nitrogen and oxygen atoms in total. The van der Waals surface area contributed by atoms with E-state index in [0.29, 0.717) is 0 Å². The highest BCUT2D eigenvalue weighted by molar-refractivity contribution is 5.95. The highest BCUT2D eigenvalue weighted by atomic mass is 16.6. The number of amides is 4. The van der Waals surface area contributed by atoms with E-state index in [0.717, 1.165) is 22.3 Å². The summed E-state index contributed by atoms with van der Waals surface area (Å²) in [6.07, 6.45) is -0.273. The zero-order valence-electron chi connectivity index (χ0n) is 33.4. The van der Waals surface area contributed by atoms with Gasteiger partial charge in [0, 0.05) is 53.9 Å². The number of ether oxygens (including phenoxy) is 1. The SMILES string of the molecule is CN(C(=O)OC(C)(C)C)[C@@H](Cc1ccccc1)C(=O)N(C)[C@@H](Cc1ccccc1)C(=O)N(C)[C@@H](Cc1ccccc1)C(=O)N(C)[C@@H](Cc1ccccc1)C(=O)O. The van der Waals surface area contributed by atoms with Crippen molar-refractivity contribution in [2.24, 2.45) is 0 Å². The van der Waals surface area contributed by atoms with E-state index in [9.17, 15) is 29.1 Å². The van der Waals surface area contributed by atoms with E-state index in [-0.39, 0.29) is 25.7 Å². The van der Waals surface area contributed by atoms with Crippen LogP contribution in [-0.4, -0.2) is 112 Å². The second kappa shape index (κ2) is 19.6. The summed E-state index contributed by atoms with van der Waals surface area (Å²) in [7, 11) is 5.99. The van der Waals surface area contributed by atoms with Crippen LogP contribution in [0.3, 0.4) is 0 Å². The minimum absolute atomic E-state index is 0.0654. The van der Waals surface area contributed by atoms with Crippen LogP contribution in [0, 0.1) is 0 Å². The van der Waals surface area contributed by atoms with Gasteiger partial charge >= 0.3 is 12.1 Å². The fourth-order valence-corrected chi connectivity index (χ4v) is 6.54. The van der Waals surface area contributed by atoms with E-state index in [1.54, 1.807) is 45.0 Å². The zero-order chi connectivity index (χ0) is 41.0. The average Bonchev–Trinajstić information content (AvgIpc) is 3.19. The molecule has 4 rings (SSSR count). The summed E-state index contributed by atoms with van der Waals surface area (Å²) in [5.74, 6) is -2.77. The summed E-state index contributed by atoms with van der Waals surface area (Å²) in [5.41, 5.74) is 2.27. The molecular weight excluding hydrogens is 709 g/mol. The maximum Gasteiger partial charge on any atom is 0.410 e. The van der Waals surface area contributed by atoms with Gasteiger partial charge in [-0.25, -0.2) is 9.59 Å². The van der Waals surface area contributed by atoms with Crippen molar-refractivity contribution in [2.75, 3.05) is 28.2 Å². The highest BCUT2D eigenvalue weighted by Gasteiger charge is 2.41. The molecule has 0 heterocycles. The maximum absolute atomic E-state index is 15.0. The molecule has 11 heteroatoms. The summed E-state index contributed by atoms with van der Waals surface area (Å²) < 4.78 is 5.66. The number of aliphatic carboxylic acids is 1. The van der Waals surface area contributed by atoms with Gasteiger partial charge in [-0.3, -0.25) is 19.3 Å². The number of hydrogen-bond donors (Lipinski definition) is 1. The average molecular weight is 763 g/mol. The first-order valence-corrected chi connectivity index (χ1v) is 18.7. The van der Waals surface area contributed by atoms with E-state index in [1.165, 1.54) is 47.8 Å². The fraction of sp³-hybridized carbons (Fsp3) is 0.356. The molecule has 4 aromatic carbocycles. The Balaban J connectivity index is 1.74. The first kappa shape index (κ1) is 42.8. The minimum atomic E-state index is -1.21. The topological polar surface area (TPSA) is 128 Å². The van der Waals surface area contributed by atoms with Crippen molar-refractivity contribution in [3.63, 3.8) is 0 Å². The molecule has 56 heavy (non-hydrogen) atoms. The van der Waals surface area contributed by atoms with Gasteiger partial charge in [-0.15, -0.1) is 0 Å². The number of carboxylic acids is 1. The predicted octanol–water partition coefficient (Wildman–Crippen LogP) is 5.76. The Kier molecular flexibility index (Phi) is 14.9. The molecule has 0 aliphatic carbocycles. The van der Waals surface area contributed by atoms with E-state index in [1.807, 2.05) is 97.1 Å². The van der Waals surface area contributed by atoms with Crippen molar-refractivity contribution >= 4 is 29.8 Å². The molecule has 0 radical (unpaired) electrons. The normalized spacial score (nSPS) is 13.3. The van der Waals surface area contributed by atoms with Gasteiger partial charge in [0.15, 0.2) is 0 Å². The van der Waals surface area contributed by atoms with Crippen molar-refractivity contribution < 1.29 is 33.8 Å². The van der Waals surface area contributed by atoms with Gasteiger partial charge in [-0.1, -0.05) is 121 Å². The highest BCUT2D eigenvalue weighted by Crippen LogP contribution is 2.21. The summed E-state index contributed by atoms with van der Waals surface area (Å²) in [6.45, 7) is 5.23. The molecule has 0 bridgehead atoms. The lowest BCUT2D eigenvalue weighted by Gasteiger charge is -2.39. The van der Waals surface area contributed by atoms with Gasteiger partial charge < -0.3 is 24.5 Å². The van der Waals surface area contributed by atoms with Gasteiger partial charge in [0.25, 0.3) is 0 Å². The first-order valence-electron chi connectivity index (χ1n) is 18.7. The quantitative estimate of drug-likeness (QED) is 0.154. The second-order valence-electron chi connectivity index (χ2n) is 15.1. The molecule has 296 valence electrons. The van der Waals surface area contributed by atoms with Crippen LogP contribution in [0.25, 0.3) is 0 Å². The maximum atomic E-state index is 15.0. The molecule has 4 aromatic rings. The molecule has 0 aromatic heterocycles. The predicted molar refractivity (Wildman–Crippen MR) is 216 cm³/mol. The summed E-state index contributed by atoms with van der Waals surface area (Å²) in [6, 6.07) is 32.3. The molecule has 0 unspecified atom stereocenters. The largest absolute Gasteiger partial charge is 0.480 e. The van der Waals surface area contributed by atoms with Crippen LogP contribution in [0.5, 0.6) is 0 Å². The van der Waals surface area contributed by atoms with Gasteiger partial charge in [0.05, 0.1) is 0 Å². The van der Waals surface area contributed by atoms with Crippen LogP contribution in [0.2, 0.25) is 0 Å². The minimum Gasteiger partial charge on any atom is -0.480 e. The molecule has 0 aliphatic heterocycles. The number of carboxylic acid groups (broad SMARTS) is 1. The number of hydrogen-bond acceptors (Lipinski definition) is 6. The third-order valence-electron chi connectivity index (χ3n) is 9.82. The zero-order valence-corrected chi connectivity index (χ0v) is 33.4. The fourth-order valence-electron chi connectivity index (χ4n) is 6.54. The van der Waals surface area contributed by atoms with Crippen molar-refractivity contribution in [2.45, 2.75) is 76.2 Å². The second-order valence-corrected chi connectivity index (χ2v) is 15.1. The first-order chi connectivity index (χ1) is 26.6. The molecule has 0 aliphatic rings. The van der Waals surface area contributed by atoms with Crippen molar-refractivity contribution in [1.29, 1.82) is 0 Å². The Morgan fingerprint density at radius 1 is 0.464 bits per heavy atom. The lowest BCUT2D eigenvalue weighted by molar-refractivity contribution is -0.155. The van der Waals surface area contributed by atoms with Crippen molar-refractivity contribution in [3.05, 3.63) is 144 Å². The smallest absolute Gasteiger partial charge is 0.410 e. The monoisotopic (exact) mass is 762 g/mol. The Morgan fingerprint density at radius 2 is 0.714 bits per heavy atom. The number of likely N-dealkylation sites (N-methyl/N-ethyl adjacent to an activating group) is 4. The molecule has 0 saturated heterocycles. The lowest BCUT2D eigenvalue weighted by Crippen LogP contribution is -2.60. The Bertz CT molecular complexity index is 1900. The number of nitrogens with zero attached hydrogens (tertiary/aromatic N) is 4. The Morgan fingerprint density at radius 3 is 0.982 bits per heavy atom. The van der Waals surface area contributed by atoms with Gasteiger partial charge in [-0.05, 0) is 43.0 Å². The number of benzene rings is 4. The van der Waals surface area contributed by atoms with Crippen molar-refractivity contribution in [3.8, 4) is 0 Å². The van der Waals surface area contributed by atoms with Crippen LogP contribution in [0.15, 0.2) is 121 Å². The van der Waals surface area contributed by atoms with E-state index >= 15 is 0 Å². The third kappa shape index (κ3) is 11.8. The van der Waals surface area contributed by atoms with Gasteiger partial charge in [-0.2, -0.15) is 0 Å². The molecule has 4 atom stereocenters. The Hall–Kier alpha value is -5.97. The third-order valence-corrected chi connectivity index (χ3v) is 9.82. The van der Waals surface area contributed by atoms with Crippen LogP contribution in [0.1, 0.15) is 43.0 Å². The van der Waals surface area contributed by atoms with Crippen LogP contribution < -0.4 is 0 Å². The molecule has 0 saturated carbocycles. The van der Waals surface area contributed by atoms with Gasteiger partial charge in [0.2, 0.25) is 17.7 Å². The van der Waals surface area contributed by atoms with Crippen molar-refractivity contribution in [1.82, 2.24) is 19.6 Å². The molecule has 4 amide bonds.